The molecule has 0 amide bonds. The van der Waals surface area contributed by atoms with E-state index < -0.39 is 15.0 Å². The summed E-state index contributed by atoms with van der Waals surface area (Å²) in [6.07, 6.45) is 2.22. The molecular formula is C5H3ClNO3S-. The molecule has 0 aliphatic rings. The summed E-state index contributed by atoms with van der Waals surface area (Å²) in [4.78, 5) is 2.96. The fourth-order valence-electron chi connectivity index (χ4n) is 0.547. The highest BCUT2D eigenvalue weighted by molar-refractivity contribution is 7.85. The van der Waals surface area contributed by atoms with E-state index >= 15 is 0 Å². The van der Waals surface area contributed by atoms with Crippen molar-refractivity contribution in [3.63, 3.8) is 0 Å². The van der Waals surface area contributed by atoms with Crippen LogP contribution in [0.25, 0.3) is 0 Å². The SMILES string of the molecule is O=S(=O)([O-])c1cnccc1Cl. The molecule has 1 aromatic rings. The molecule has 0 fully saturated rings. The summed E-state index contributed by atoms with van der Waals surface area (Å²) in [5, 5.41) is -0.102. The van der Waals surface area contributed by atoms with Gasteiger partial charge in [0.1, 0.15) is 10.1 Å². The van der Waals surface area contributed by atoms with Crippen molar-refractivity contribution < 1.29 is 13.0 Å². The third-order valence-electron chi connectivity index (χ3n) is 1.00. The van der Waals surface area contributed by atoms with Gasteiger partial charge in [-0.25, -0.2) is 8.42 Å². The van der Waals surface area contributed by atoms with E-state index in [0.717, 1.165) is 6.20 Å². The van der Waals surface area contributed by atoms with E-state index in [1.54, 1.807) is 0 Å². The van der Waals surface area contributed by atoms with Gasteiger partial charge in [-0.1, -0.05) is 11.6 Å². The maximum absolute atomic E-state index is 10.4. The van der Waals surface area contributed by atoms with Crippen molar-refractivity contribution in [3.05, 3.63) is 23.5 Å². The van der Waals surface area contributed by atoms with Crippen LogP contribution in [0.15, 0.2) is 23.4 Å². The van der Waals surface area contributed by atoms with Crippen molar-refractivity contribution in [2.45, 2.75) is 4.90 Å². The van der Waals surface area contributed by atoms with Crippen LogP contribution in [0, 0.1) is 0 Å². The van der Waals surface area contributed by atoms with Crippen molar-refractivity contribution in [3.8, 4) is 0 Å². The number of hydrogen-bond donors (Lipinski definition) is 0. The zero-order valence-electron chi connectivity index (χ0n) is 5.19. The summed E-state index contributed by atoms with van der Waals surface area (Å²) in [6, 6.07) is 1.24. The molecule has 0 saturated heterocycles. The van der Waals surface area contributed by atoms with Gasteiger partial charge < -0.3 is 4.55 Å². The highest BCUT2D eigenvalue weighted by Gasteiger charge is 2.05. The minimum absolute atomic E-state index is 0.102. The molecule has 0 spiro atoms. The predicted molar refractivity (Wildman–Crippen MR) is 37.2 cm³/mol. The molecule has 1 aromatic heterocycles. The minimum atomic E-state index is -4.48. The second-order valence-corrected chi connectivity index (χ2v) is 3.52. The first-order valence-corrected chi connectivity index (χ1v) is 4.36. The number of pyridine rings is 1. The molecule has 1 heterocycles. The summed E-state index contributed by atoms with van der Waals surface area (Å²) in [5.74, 6) is 0. The Kier molecular flexibility index (Phi) is 2.12. The van der Waals surface area contributed by atoms with Crippen LogP contribution in [-0.4, -0.2) is 18.0 Å². The van der Waals surface area contributed by atoms with E-state index in [-0.39, 0.29) is 5.02 Å². The number of aromatic nitrogens is 1. The molecule has 11 heavy (non-hydrogen) atoms. The second kappa shape index (κ2) is 2.77. The Balaban J connectivity index is 3.37. The lowest BCUT2D eigenvalue weighted by Gasteiger charge is -2.06. The normalized spacial score (nSPS) is 11.5. The largest absolute Gasteiger partial charge is 0.744 e. The Morgan fingerprint density at radius 1 is 1.55 bits per heavy atom. The van der Waals surface area contributed by atoms with Gasteiger partial charge in [0.15, 0.2) is 0 Å². The minimum Gasteiger partial charge on any atom is -0.744 e. The van der Waals surface area contributed by atoms with Crippen LogP contribution in [0.4, 0.5) is 0 Å². The lowest BCUT2D eigenvalue weighted by Crippen LogP contribution is -1.99. The van der Waals surface area contributed by atoms with Gasteiger partial charge in [0, 0.05) is 12.4 Å². The van der Waals surface area contributed by atoms with Crippen molar-refractivity contribution >= 4 is 21.7 Å². The molecule has 4 nitrogen and oxygen atoms in total. The van der Waals surface area contributed by atoms with Crippen molar-refractivity contribution in [1.29, 1.82) is 0 Å². The van der Waals surface area contributed by atoms with Crippen LogP contribution < -0.4 is 0 Å². The average molecular weight is 193 g/mol. The molecule has 0 atom stereocenters. The van der Waals surface area contributed by atoms with Gasteiger partial charge >= 0.3 is 0 Å². The van der Waals surface area contributed by atoms with Gasteiger partial charge in [-0.3, -0.25) is 4.98 Å². The van der Waals surface area contributed by atoms with Crippen molar-refractivity contribution in [1.82, 2.24) is 4.98 Å². The molecule has 0 N–H and O–H groups in total. The Hall–Kier alpha value is -0.650. The van der Waals surface area contributed by atoms with Crippen molar-refractivity contribution in [2.24, 2.45) is 0 Å². The highest BCUT2D eigenvalue weighted by atomic mass is 35.5. The van der Waals surface area contributed by atoms with E-state index in [0.29, 0.717) is 0 Å². The summed E-state index contributed by atoms with van der Waals surface area (Å²) in [5.41, 5.74) is 0. The van der Waals surface area contributed by atoms with Crippen LogP contribution in [-0.2, 0) is 10.1 Å². The van der Waals surface area contributed by atoms with Gasteiger partial charge in [-0.05, 0) is 6.07 Å². The molecule has 1 rings (SSSR count). The summed E-state index contributed by atoms with van der Waals surface area (Å²) in [6.45, 7) is 0. The first-order chi connectivity index (χ1) is 5.02. The van der Waals surface area contributed by atoms with Gasteiger partial charge in [0.05, 0.1) is 9.92 Å². The van der Waals surface area contributed by atoms with Crippen LogP contribution in [0.1, 0.15) is 0 Å². The van der Waals surface area contributed by atoms with Gasteiger partial charge in [0.25, 0.3) is 0 Å². The van der Waals surface area contributed by atoms with E-state index in [2.05, 4.69) is 4.98 Å². The summed E-state index contributed by atoms with van der Waals surface area (Å²) >= 11 is 5.39. The molecule has 0 saturated carbocycles. The smallest absolute Gasteiger partial charge is 0.127 e. The van der Waals surface area contributed by atoms with Crippen LogP contribution in [0.2, 0.25) is 5.02 Å². The van der Waals surface area contributed by atoms with Gasteiger partial charge in [-0.15, -0.1) is 0 Å². The molecule has 60 valence electrons. The monoisotopic (exact) mass is 192 g/mol. The Bertz CT molecular complexity index is 362. The Morgan fingerprint density at radius 3 is 2.55 bits per heavy atom. The molecule has 0 radical (unpaired) electrons. The molecule has 0 aromatic carbocycles. The standard InChI is InChI=1S/C5H4ClNO3S/c6-4-1-2-7-3-5(4)11(8,9)10/h1-3H,(H,8,9,10)/p-1. The van der Waals surface area contributed by atoms with Crippen LogP contribution in [0.5, 0.6) is 0 Å². The lowest BCUT2D eigenvalue weighted by molar-refractivity contribution is 0.463. The predicted octanol–water partition coefficient (Wildman–Crippen LogP) is 0.639. The van der Waals surface area contributed by atoms with E-state index in [9.17, 15) is 13.0 Å². The number of rotatable bonds is 1. The molecule has 6 heteroatoms. The van der Waals surface area contributed by atoms with Gasteiger partial charge in [0.2, 0.25) is 0 Å². The van der Waals surface area contributed by atoms with Crippen molar-refractivity contribution in [2.75, 3.05) is 0 Å². The van der Waals surface area contributed by atoms with Gasteiger partial charge in [-0.2, -0.15) is 0 Å². The molecule has 0 bridgehead atoms. The third kappa shape index (κ3) is 1.89. The summed E-state index contributed by atoms with van der Waals surface area (Å²) in [7, 11) is -4.48. The molecule has 0 aliphatic heterocycles. The number of hydrogen-bond acceptors (Lipinski definition) is 4. The number of halogens is 1. The third-order valence-corrected chi connectivity index (χ3v) is 2.31. The topological polar surface area (TPSA) is 70.1 Å². The maximum Gasteiger partial charge on any atom is 0.127 e. The Labute approximate surface area is 68.6 Å². The van der Waals surface area contributed by atoms with E-state index in [4.69, 9.17) is 11.6 Å². The molecular weight excluding hydrogens is 190 g/mol. The zero-order chi connectivity index (χ0) is 8.48. The number of nitrogens with zero attached hydrogens (tertiary/aromatic N) is 1. The quantitative estimate of drug-likeness (QED) is 0.613. The first-order valence-electron chi connectivity index (χ1n) is 2.57. The fraction of sp³-hybridized carbons (Fsp3) is 0. The molecule has 0 unspecified atom stereocenters. The van der Waals surface area contributed by atoms with E-state index in [1.165, 1.54) is 12.3 Å². The maximum atomic E-state index is 10.4. The first kappa shape index (κ1) is 8.45. The summed E-state index contributed by atoms with van der Waals surface area (Å²) < 4.78 is 31.1. The second-order valence-electron chi connectivity index (χ2n) is 1.76. The Morgan fingerprint density at radius 2 is 2.18 bits per heavy atom. The highest BCUT2D eigenvalue weighted by Crippen LogP contribution is 2.17. The van der Waals surface area contributed by atoms with E-state index in [1.807, 2.05) is 0 Å². The average Bonchev–Trinajstić information content (AvgIpc) is 1.86. The lowest BCUT2D eigenvalue weighted by atomic mass is 10.5. The van der Waals surface area contributed by atoms with Crippen LogP contribution >= 0.6 is 11.6 Å². The molecule has 0 aliphatic carbocycles. The zero-order valence-corrected chi connectivity index (χ0v) is 6.76. The fourth-order valence-corrected chi connectivity index (χ4v) is 1.43. The van der Waals surface area contributed by atoms with Crippen LogP contribution in [0.3, 0.4) is 0 Å².